The van der Waals surface area contributed by atoms with Crippen LogP contribution in [-0.2, 0) is 6.61 Å². The number of ether oxygens (including phenoxy) is 1. The lowest BCUT2D eigenvalue weighted by molar-refractivity contribution is 0.0354. The largest absolute Gasteiger partial charge is 0.489 e. The fraction of sp³-hybridized carbons (Fsp3) is 0.350. The molecule has 0 bridgehead atoms. The summed E-state index contributed by atoms with van der Waals surface area (Å²) in [6.45, 7) is 4.17. The third kappa shape index (κ3) is 6.04. The van der Waals surface area contributed by atoms with Crippen LogP contribution in [0.1, 0.15) is 32.3 Å². The molecule has 26 heavy (non-hydrogen) atoms. The normalized spacial score (nSPS) is 11.1. The van der Waals surface area contributed by atoms with E-state index in [-0.39, 0.29) is 19.0 Å². The minimum atomic E-state index is -0.896. The molecule has 0 saturated carbocycles. The van der Waals surface area contributed by atoms with Gasteiger partial charge in [0, 0.05) is 18.3 Å². The van der Waals surface area contributed by atoms with E-state index in [9.17, 15) is 14.3 Å². The number of halogens is 1. The van der Waals surface area contributed by atoms with Crippen molar-refractivity contribution in [1.29, 1.82) is 0 Å². The van der Waals surface area contributed by atoms with Gasteiger partial charge in [0.05, 0.1) is 5.60 Å². The lowest BCUT2D eigenvalue weighted by Crippen LogP contribution is -2.43. The molecule has 0 heterocycles. The lowest BCUT2D eigenvalue weighted by atomic mass is 9.98. The Morgan fingerprint density at radius 3 is 2.58 bits per heavy atom. The SMILES string of the molecule is CCC(O)(CC)CNC(=O)Nc1cccc(OCc2cccc(F)c2)c1. The van der Waals surface area contributed by atoms with E-state index in [1.165, 1.54) is 12.1 Å². The predicted octanol–water partition coefficient (Wildman–Crippen LogP) is 4.08. The summed E-state index contributed by atoms with van der Waals surface area (Å²) < 4.78 is 18.8. The number of anilines is 1. The average Bonchev–Trinajstić information content (AvgIpc) is 2.65. The zero-order valence-corrected chi connectivity index (χ0v) is 15.1. The first-order valence-corrected chi connectivity index (χ1v) is 8.68. The molecular formula is C20H25FN2O3. The molecular weight excluding hydrogens is 335 g/mol. The molecule has 0 fully saturated rings. The summed E-state index contributed by atoms with van der Waals surface area (Å²) in [4.78, 5) is 12.0. The number of hydrogen-bond donors (Lipinski definition) is 3. The van der Waals surface area contributed by atoms with Crippen LogP contribution in [0, 0.1) is 5.82 Å². The molecule has 0 radical (unpaired) electrons. The Labute approximate surface area is 153 Å². The van der Waals surface area contributed by atoms with Crippen molar-refractivity contribution in [2.45, 2.75) is 38.9 Å². The zero-order valence-electron chi connectivity index (χ0n) is 15.1. The number of aliphatic hydroxyl groups is 1. The molecule has 0 aliphatic heterocycles. The first kappa shape index (κ1) is 19.7. The van der Waals surface area contributed by atoms with Crippen LogP contribution in [-0.4, -0.2) is 23.3 Å². The van der Waals surface area contributed by atoms with E-state index in [4.69, 9.17) is 4.74 Å². The Morgan fingerprint density at radius 1 is 1.15 bits per heavy atom. The van der Waals surface area contributed by atoms with Gasteiger partial charge in [0.15, 0.2) is 0 Å². The molecule has 0 aliphatic rings. The third-order valence-electron chi connectivity index (χ3n) is 4.28. The highest BCUT2D eigenvalue weighted by molar-refractivity contribution is 5.89. The van der Waals surface area contributed by atoms with Crippen molar-refractivity contribution in [2.75, 3.05) is 11.9 Å². The van der Waals surface area contributed by atoms with E-state index in [2.05, 4.69) is 10.6 Å². The van der Waals surface area contributed by atoms with Gasteiger partial charge in [-0.25, -0.2) is 9.18 Å². The Balaban J connectivity index is 1.89. The minimum Gasteiger partial charge on any atom is -0.489 e. The van der Waals surface area contributed by atoms with Crippen LogP contribution in [0.25, 0.3) is 0 Å². The van der Waals surface area contributed by atoms with Gasteiger partial charge in [-0.1, -0.05) is 32.0 Å². The van der Waals surface area contributed by atoms with Gasteiger partial charge in [0.25, 0.3) is 0 Å². The van der Waals surface area contributed by atoms with E-state index in [1.54, 1.807) is 36.4 Å². The Hall–Kier alpha value is -2.60. The molecule has 2 aromatic carbocycles. The molecule has 2 amide bonds. The first-order valence-electron chi connectivity index (χ1n) is 8.68. The number of carbonyl (C=O) groups excluding carboxylic acids is 1. The van der Waals surface area contributed by atoms with Crippen molar-refractivity contribution in [3.8, 4) is 5.75 Å². The summed E-state index contributed by atoms with van der Waals surface area (Å²) in [7, 11) is 0. The van der Waals surface area contributed by atoms with Crippen LogP contribution in [0.2, 0.25) is 0 Å². The average molecular weight is 360 g/mol. The highest BCUT2D eigenvalue weighted by Crippen LogP contribution is 2.19. The summed E-state index contributed by atoms with van der Waals surface area (Å²) in [5.74, 6) is 0.253. The predicted molar refractivity (Wildman–Crippen MR) is 99.7 cm³/mol. The summed E-state index contributed by atoms with van der Waals surface area (Å²) in [6.07, 6.45) is 1.13. The van der Waals surface area contributed by atoms with Crippen LogP contribution < -0.4 is 15.4 Å². The highest BCUT2D eigenvalue weighted by Gasteiger charge is 2.22. The maximum Gasteiger partial charge on any atom is 0.319 e. The van der Waals surface area contributed by atoms with Crippen molar-refractivity contribution >= 4 is 11.7 Å². The lowest BCUT2D eigenvalue weighted by Gasteiger charge is -2.25. The number of nitrogens with one attached hydrogen (secondary N) is 2. The maximum absolute atomic E-state index is 13.2. The van der Waals surface area contributed by atoms with Crippen LogP contribution in [0.15, 0.2) is 48.5 Å². The van der Waals surface area contributed by atoms with Crippen LogP contribution in [0.4, 0.5) is 14.9 Å². The molecule has 0 spiro atoms. The number of carbonyl (C=O) groups is 1. The quantitative estimate of drug-likeness (QED) is 0.664. The summed E-state index contributed by atoms with van der Waals surface area (Å²) in [5, 5.41) is 15.6. The Morgan fingerprint density at radius 2 is 1.88 bits per heavy atom. The molecule has 6 heteroatoms. The van der Waals surface area contributed by atoms with Crippen molar-refractivity contribution in [1.82, 2.24) is 5.32 Å². The van der Waals surface area contributed by atoms with Gasteiger partial charge in [0.2, 0.25) is 0 Å². The van der Waals surface area contributed by atoms with Crippen molar-refractivity contribution < 1.29 is 19.0 Å². The number of urea groups is 1. The minimum absolute atomic E-state index is 0.182. The third-order valence-corrected chi connectivity index (χ3v) is 4.28. The van der Waals surface area contributed by atoms with Gasteiger partial charge in [-0.15, -0.1) is 0 Å². The molecule has 0 aromatic heterocycles. The summed E-state index contributed by atoms with van der Waals surface area (Å²) >= 11 is 0. The highest BCUT2D eigenvalue weighted by atomic mass is 19.1. The Bertz CT molecular complexity index is 733. The van der Waals surface area contributed by atoms with Gasteiger partial charge in [-0.3, -0.25) is 0 Å². The molecule has 0 saturated heterocycles. The maximum atomic E-state index is 13.2. The summed E-state index contributed by atoms with van der Waals surface area (Å²) in [5.41, 5.74) is 0.392. The first-order chi connectivity index (χ1) is 12.4. The zero-order chi connectivity index (χ0) is 19.0. The van der Waals surface area contributed by atoms with E-state index < -0.39 is 11.6 Å². The monoisotopic (exact) mass is 360 g/mol. The molecule has 0 aliphatic carbocycles. The van der Waals surface area contributed by atoms with Crippen LogP contribution in [0.3, 0.4) is 0 Å². The molecule has 5 nitrogen and oxygen atoms in total. The molecule has 2 aromatic rings. The van der Waals surface area contributed by atoms with Gasteiger partial charge in [-0.05, 0) is 42.7 Å². The summed E-state index contributed by atoms with van der Waals surface area (Å²) in [6, 6.07) is 12.7. The molecule has 2 rings (SSSR count). The van der Waals surface area contributed by atoms with Gasteiger partial charge >= 0.3 is 6.03 Å². The topological polar surface area (TPSA) is 70.6 Å². The molecule has 140 valence electrons. The van der Waals surface area contributed by atoms with Crippen LogP contribution in [0.5, 0.6) is 5.75 Å². The van der Waals surface area contributed by atoms with Crippen molar-refractivity contribution in [3.05, 3.63) is 59.9 Å². The van der Waals surface area contributed by atoms with Crippen molar-refractivity contribution in [2.24, 2.45) is 0 Å². The van der Waals surface area contributed by atoms with Crippen molar-refractivity contribution in [3.63, 3.8) is 0 Å². The fourth-order valence-electron chi connectivity index (χ4n) is 2.38. The van der Waals surface area contributed by atoms with Crippen LogP contribution >= 0.6 is 0 Å². The van der Waals surface area contributed by atoms with E-state index in [1.807, 2.05) is 13.8 Å². The van der Waals surface area contributed by atoms with Gasteiger partial charge in [-0.2, -0.15) is 0 Å². The molecule has 0 atom stereocenters. The van der Waals surface area contributed by atoms with Gasteiger partial charge in [0.1, 0.15) is 18.2 Å². The second kappa shape index (κ2) is 9.20. The molecule has 3 N–H and O–H groups in total. The number of benzene rings is 2. The second-order valence-electron chi connectivity index (χ2n) is 6.19. The van der Waals surface area contributed by atoms with E-state index in [0.717, 1.165) is 5.56 Å². The van der Waals surface area contributed by atoms with E-state index in [0.29, 0.717) is 24.3 Å². The van der Waals surface area contributed by atoms with E-state index >= 15 is 0 Å². The number of amides is 2. The molecule has 0 unspecified atom stereocenters. The smallest absolute Gasteiger partial charge is 0.319 e. The number of rotatable bonds is 8. The fourth-order valence-corrected chi connectivity index (χ4v) is 2.38. The Kier molecular flexibility index (Phi) is 6.97. The van der Waals surface area contributed by atoms with Gasteiger partial charge < -0.3 is 20.5 Å². The standard InChI is InChI=1S/C20H25FN2O3/c1-3-20(25,4-2)14-22-19(24)23-17-9-6-10-18(12-17)26-13-15-7-5-8-16(21)11-15/h5-12,25H,3-4,13-14H2,1-2H3,(H2,22,23,24). The number of hydrogen-bond acceptors (Lipinski definition) is 3. The second-order valence-corrected chi connectivity index (χ2v) is 6.19.